The fraction of sp³-hybridized carbons (Fsp3) is 0.143. The molecule has 0 aliphatic carbocycles. The standard InChI is InChI=1S/C31H17N2OS.C18H24NSi.Ir/c1-5-14-27-20(8-1)22-10-7-11-23(30(22)34-27)31-32-25-12-3-4-13-26(25)33(31)19-16-17-29-24(18-19)21-9-2-6-15-28(21)35-29;1-14(2)11-16-12-17(15-9-7-6-8-10-15)19-13-18(16)20(3,4)5;/h1-10,12-18H;6-9,12-14H,11H2,1-5H3;/q2*-1;. The Labute approximate surface area is 346 Å². The minimum Gasteiger partial charge on any atom is -0.501 e. The summed E-state index contributed by atoms with van der Waals surface area (Å²) in [6.07, 6.45) is 3.24. The molecule has 4 heterocycles. The molecular weight excluding hydrogens is 899 g/mol. The van der Waals surface area contributed by atoms with Crippen molar-refractivity contribution in [1.29, 1.82) is 0 Å². The van der Waals surface area contributed by atoms with Crippen LogP contribution in [0.2, 0.25) is 19.6 Å². The molecule has 1 radical (unpaired) electrons. The molecule has 0 amide bonds. The Kier molecular flexibility index (Phi) is 10.4. The topological polar surface area (TPSA) is 43.9 Å². The van der Waals surface area contributed by atoms with Crippen LogP contribution in [0.25, 0.3) is 81.5 Å². The van der Waals surface area contributed by atoms with E-state index in [9.17, 15) is 0 Å². The fourth-order valence-electron chi connectivity index (χ4n) is 7.65. The Morgan fingerprint density at radius 2 is 1.48 bits per heavy atom. The van der Waals surface area contributed by atoms with E-state index in [0.717, 1.165) is 67.7 Å². The largest absolute Gasteiger partial charge is 0.501 e. The van der Waals surface area contributed by atoms with Gasteiger partial charge < -0.3 is 14.0 Å². The maximum atomic E-state index is 6.36. The molecule has 10 aromatic rings. The van der Waals surface area contributed by atoms with E-state index in [1.54, 1.807) is 0 Å². The molecule has 0 saturated carbocycles. The van der Waals surface area contributed by atoms with Crippen molar-refractivity contribution in [3.05, 3.63) is 157 Å². The summed E-state index contributed by atoms with van der Waals surface area (Å²) in [5.74, 6) is 1.50. The van der Waals surface area contributed by atoms with E-state index in [1.165, 1.54) is 30.9 Å². The molecule has 0 unspecified atom stereocenters. The Bertz CT molecular complexity index is 2990. The van der Waals surface area contributed by atoms with Crippen molar-refractivity contribution in [2.75, 3.05) is 0 Å². The Morgan fingerprint density at radius 3 is 2.29 bits per heavy atom. The van der Waals surface area contributed by atoms with Gasteiger partial charge in [-0.3, -0.25) is 4.98 Å². The number of furan rings is 1. The summed E-state index contributed by atoms with van der Waals surface area (Å²) in [5.41, 5.74) is 9.23. The van der Waals surface area contributed by atoms with Gasteiger partial charge in [0.05, 0.1) is 30.5 Å². The second kappa shape index (κ2) is 15.4. The maximum absolute atomic E-state index is 6.36. The maximum Gasteiger partial charge on any atom is 0.120 e. The van der Waals surface area contributed by atoms with Gasteiger partial charge in [-0.2, -0.15) is 0 Å². The molecule has 4 nitrogen and oxygen atoms in total. The molecule has 56 heavy (non-hydrogen) atoms. The molecule has 0 N–H and O–H groups in total. The number of benzene rings is 6. The number of rotatable bonds is 6. The van der Waals surface area contributed by atoms with Gasteiger partial charge in [-0.25, -0.2) is 0 Å². The van der Waals surface area contributed by atoms with Crippen LogP contribution in [0.3, 0.4) is 0 Å². The van der Waals surface area contributed by atoms with Crippen LogP contribution in [0.15, 0.2) is 144 Å². The van der Waals surface area contributed by atoms with Crippen molar-refractivity contribution in [2.24, 2.45) is 5.92 Å². The minimum absolute atomic E-state index is 0. The first kappa shape index (κ1) is 37.7. The van der Waals surface area contributed by atoms with Crippen LogP contribution in [-0.4, -0.2) is 22.6 Å². The van der Waals surface area contributed by atoms with E-state index in [0.29, 0.717) is 5.92 Å². The van der Waals surface area contributed by atoms with Gasteiger partial charge in [0.1, 0.15) is 5.58 Å². The van der Waals surface area contributed by atoms with Crippen LogP contribution < -0.4 is 5.19 Å². The first-order valence-electron chi connectivity index (χ1n) is 18.9. The summed E-state index contributed by atoms with van der Waals surface area (Å²) in [6.45, 7) is 11.7. The van der Waals surface area contributed by atoms with Crippen molar-refractivity contribution in [2.45, 2.75) is 39.9 Å². The molecule has 7 heteroatoms. The summed E-state index contributed by atoms with van der Waals surface area (Å²) in [6, 6.07) is 52.8. The van der Waals surface area contributed by atoms with E-state index >= 15 is 0 Å². The van der Waals surface area contributed by atoms with Crippen LogP contribution in [0.5, 0.6) is 0 Å². The van der Waals surface area contributed by atoms with E-state index in [4.69, 9.17) is 9.40 Å². The fourth-order valence-corrected chi connectivity index (χ4v) is 10.3. The van der Waals surface area contributed by atoms with Crippen LogP contribution in [0.1, 0.15) is 19.4 Å². The molecule has 0 saturated heterocycles. The zero-order valence-electron chi connectivity index (χ0n) is 32.1. The summed E-state index contributed by atoms with van der Waals surface area (Å²) >= 11 is 1.83. The number of fused-ring (bicyclic) bond motifs is 7. The predicted octanol–water partition coefficient (Wildman–Crippen LogP) is 13.0. The molecule has 0 spiro atoms. The number of para-hydroxylation sites is 3. The quantitative estimate of drug-likeness (QED) is 0.123. The number of nitrogens with zero attached hydrogens (tertiary/aromatic N) is 3. The second-order valence-corrected chi connectivity index (χ2v) is 21.7. The van der Waals surface area contributed by atoms with Gasteiger partial charge in [-0.1, -0.05) is 105 Å². The summed E-state index contributed by atoms with van der Waals surface area (Å²) in [5, 5.41) is 6.22. The molecule has 0 aliphatic heterocycles. The monoisotopic (exact) mass is 940 g/mol. The van der Waals surface area contributed by atoms with E-state index < -0.39 is 8.07 Å². The first-order valence-corrected chi connectivity index (χ1v) is 23.2. The zero-order valence-corrected chi connectivity index (χ0v) is 36.3. The Balaban J connectivity index is 0.000000181. The number of hydrogen-bond donors (Lipinski definition) is 0. The van der Waals surface area contributed by atoms with Crippen LogP contribution in [0.4, 0.5) is 0 Å². The smallest absolute Gasteiger partial charge is 0.120 e. The van der Waals surface area contributed by atoms with Crippen LogP contribution in [0, 0.1) is 18.1 Å². The van der Waals surface area contributed by atoms with Gasteiger partial charge in [0, 0.05) is 57.5 Å². The molecular formula is C49H41IrN3OSSi-2. The van der Waals surface area contributed by atoms with Crippen LogP contribution >= 0.6 is 11.3 Å². The van der Waals surface area contributed by atoms with E-state index in [-0.39, 0.29) is 20.1 Å². The van der Waals surface area contributed by atoms with Crippen molar-refractivity contribution in [1.82, 2.24) is 14.5 Å². The molecule has 10 rings (SSSR count). The third-order valence-corrected chi connectivity index (χ3v) is 13.4. The molecule has 0 bridgehead atoms. The number of pyridine rings is 1. The third kappa shape index (κ3) is 7.05. The van der Waals surface area contributed by atoms with Crippen molar-refractivity contribution in [3.63, 3.8) is 0 Å². The first-order chi connectivity index (χ1) is 26.7. The summed E-state index contributed by atoms with van der Waals surface area (Å²) < 4.78 is 11.2. The van der Waals surface area contributed by atoms with Gasteiger partial charge in [0.25, 0.3) is 0 Å². The predicted molar refractivity (Wildman–Crippen MR) is 236 cm³/mol. The Hall–Kier alpha value is -5.17. The number of aromatic nitrogens is 3. The van der Waals surface area contributed by atoms with Gasteiger partial charge in [-0.15, -0.1) is 65.4 Å². The molecule has 0 atom stereocenters. The summed E-state index contributed by atoms with van der Waals surface area (Å²) in [4.78, 5) is 9.77. The molecule has 279 valence electrons. The second-order valence-electron chi connectivity index (χ2n) is 15.6. The summed E-state index contributed by atoms with van der Waals surface area (Å²) in [7, 11) is -1.34. The van der Waals surface area contributed by atoms with Crippen LogP contribution in [-0.2, 0) is 26.5 Å². The average molecular weight is 940 g/mol. The third-order valence-electron chi connectivity index (χ3n) is 10.2. The molecule has 0 aliphatic rings. The van der Waals surface area contributed by atoms with Gasteiger partial charge in [0.15, 0.2) is 0 Å². The average Bonchev–Trinajstić information content (AvgIpc) is 3.89. The van der Waals surface area contributed by atoms with Crippen molar-refractivity contribution < 1.29 is 24.5 Å². The molecule has 0 fully saturated rings. The zero-order chi connectivity index (χ0) is 37.7. The van der Waals surface area contributed by atoms with E-state index in [1.807, 2.05) is 59.9 Å². The molecule has 6 aromatic carbocycles. The number of hydrogen-bond acceptors (Lipinski definition) is 4. The number of thiophene rings is 1. The number of imidazole rings is 1. The normalized spacial score (nSPS) is 11.8. The minimum atomic E-state index is -1.34. The van der Waals surface area contributed by atoms with Gasteiger partial charge in [0.2, 0.25) is 0 Å². The van der Waals surface area contributed by atoms with Gasteiger partial charge in [-0.05, 0) is 65.7 Å². The van der Waals surface area contributed by atoms with Gasteiger partial charge >= 0.3 is 0 Å². The van der Waals surface area contributed by atoms with Crippen molar-refractivity contribution in [3.8, 4) is 28.3 Å². The Morgan fingerprint density at radius 1 is 0.732 bits per heavy atom. The van der Waals surface area contributed by atoms with E-state index in [2.05, 4.69) is 146 Å². The molecule has 4 aromatic heterocycles. The SMILES string of the molecule is CC(C)Cc1cc(-c2[c-]cccc2)ncc1[Si](C)(C)C.[Ir].[c-]1ccc2c(oc3ccccc32)c1-c1nc2ccccc2n1-c1ccc2sc3ccccc3c2c1. The van der Waals surface area contributed by atoms with Crippen molar-refractivity contribution >= 4 is 77.7 Å².